The van der Waals surface area contributed by atoms with E-state index in [-0.39, 0.29) is 34.7 Å². The van der Waals surface area contributed by atoms with Crippen LogP contribution in [-0.4, -0.2) is 55.7 Å². The lowest BCUT2D eigenvalue weighted by Crippen LogP contribution is -2.39. The van der Waals surface area contributed by atoms with Gasteiger partial charge in [-0.25, -0.2) is 8.42 Å². The number of hydrogen-bond donors (Lipinski definition) is 3. The number of fused-ring (bicyclic) bond motifs is 1. The molecule has 0 aliphatic carbocycles. The van der Waals surface area contributed by atoms with E-state index < -0.39 is 10.0 Å². The summed E-state index contributed by atoms with van der Waals surface area (Å²) in [5.41, 5.74) is 9.03. The molecule has 1 fully saturated rings. The van der Waals surface area contributed by atoms with Crippen molar-refractivity contribution in [3.05, 3.63) is 53.2 Å². The minimum absolute atomic E-state index is 0.216. The summed E-state index contributed by atoms with van der Waals surface area (Å²) in [6, 6.07) is 10.9. The third kappa shape index (κ3) is 6.04. The van der Waals surface area contributed by atoms with Gasteiger partial charge in [0.2, 0.25) is 15.9 Å². The zero-order valence-corrected chi connectivity index (χ0v) is 24.1. The molecule has 4 rings (SSSR count). The summed E-state index contributed by atoms with van der Waals surface area (Å²) in [5.74, 6) is -0.471. The van der Waals surface area contributed by atoms with Crippen molar-refractivity contribution in [1.82, 2.24) is 9.47 Å². The van der Waals surface area contributed by atoms with E-state index in [0.29, 0.717) is 17.9 Å². The highest BCUT2D eigenvalue weighted by atomic mass is 32.2. The fourth-order valence-corrected chi connectivity index (χ4v) is 5.79. The van der Waals surface area contributed by atoms with Gasteiger partial charge in [0.05, 0.1) is 36.3 Å². The van der Waals surface area contributed by atoms with Crippen molar-refractivity contribution in [2.75, 3.05) is 29.9 Å². The smallest absolute Gasteiger partial charge is 0.272 e. The highest BCUT2D eigenvalue weighted by Crippen LogP contribution is 2.39. The van der Waals surface area contributed by atoms with Crippen LogP contribution in [0.5, 0.6) is 5.75 Å². The molecule has 11 heteroatoms. The van der Waals surface area contributed by atoms with Gasteiger partial charge in [-0.2, -0.15) is 0 Å². The molecule has 210 valence electrons. The molecule has 2 amide bonds. The number of hydrogen-bond acceptors (Lipinski definition) is 6. The van der Waals surface area contributed by atoms with Crippen molar-refractivity contribution in [3.8, 4) is 5.75 Å². The molecule has 1 aromatic heterocycles. The number of carbonyl (C=O) groups excluding carboxylic acids is 2. The Labute approximate surface area is 229 Å². The van der Waals surface area contributed by atoms with E-state index >= 15 is 0 Å². The van der Waals surface area contributed by atoms with E-state index in [1.165, 1.54) is 7.11 Å². The van der Waals surface area contributed by atoms with Crippen LogP contribution >= 0.6 is 0 Å². The Morgan fingerprint density at radius 2 is 1.85 bits per heavy atom. The Kier molecular flexibility index (Phi) is 7.68. The molecular formula is C28H37N5O5S. The summed E-state index contributed by atoms with van der Waals surface area (Å²) in [6.07, 6.45) is 2.73. The van der Waals surface area contributed by atoms with Gasteiger partial charge in [0.1, 0.15) is 5.69 Å². The molecule has 1 atom stereocenters. The molecular weight excluding hydrogens is 518 g/mol. The highest BCUT2D eigenvalue weighted by Gasteiger charge is 2.30. The monoisotopic (exact) mass is 555 g/mol. The Morgan fingerprint density at radius 1 is 1.15 bits per heavy atom. The molecule has 10 nitrogen and oxygen atoms in total. The van der Waals surface area contributed by atoms with Gasteiger partial charge in [0.25, 0.3) is 5.91 Å². The Balaban J connectivity index is 1.72. The fraction of sp³-hybridized carbons (Fsp3) is 0.429. The number of rotatable bonds is 8. The molecule has 1 aliphatic rings. The topological polar surface area (TPSA) is 136 Å². The first-order valence-electron chi connectivity index (χ1n) is 12.8. The lowest BCUT2D eigenvalue weighted by molar-refractivity contribution is -0.122. The Bertz CT molecular complexity index is 1540. The second-order valence-corrected chi connectivity index (χ2v) is 12.9. The second kappa shape index (κ2) is 10.5. The maximum Gasteiger partial charge on any atom is 0.272 e. The SMILES string of the molecule is COc1c(NC(=O)c2cc3cccc(CN4CCCC4C(N)=O)c3n2C)cc(C(C)(C)C)cc1NS(C)(=O)=O. The Hall–Kier alpha value is -3.57. The normalized spacial score (nSPS) is 16.4. The minimum Gasteiger partial charge on any atom is -0.492 e. The van der Waals surface area contributed by atoms with Gasteiger partial charge in [0, 0.05) is 19.0 Å². The number of amides is 2. The minimum atomic E-state index is -3.60. The number of para-hydroxylation sites is 1. The van der Waals surface area contributed by atoms with E-state index in [4.69, 9.17) is 10.5 Å². The van der Waals surface area contributed by atoms with Crippen LogP contribution < -0.4 is 20.5 Å². The van der Waals surface area contributed by atoms with Gasteiger partial charge < -0.3 is 20.4 Å². The van der Waals surface area contributed by atoms with Gasteiger partial charge >= 0.3 is 0 Å². The number of nitrogens with two attached hydrogens (primary N) is 1. The predicted molar refractivity (Wildman–Crippen MR) is 154 cm³/mol. The summed E-state index contributed by atoms with van der Waals surface area (Å²) in [6.45, 7) is 7.33. The van der Waals surface area contributed by atoms with Crippen molar-refractivity contribution >= 4 is 44.1 Å². The molecule has 0 saturated carbocycles. The molecule has 0 spiro atoms. The summed E-state index contributed by atoms with van der Waals surface area (Å²) in [5, 5.41) is 3.83. The molecule has 3 aromatic rings. The van der Waals surface area contributed by atoms with Crippen LogP contribution in [0.25, 0.3) is 10.9 Å². The first-order chi connectivity index (χ1) is 18.2. The van der Waals surface area contributed by atoms with E-state index in [1.54, 1.807) is 12.1 Å². The molecule has 1 unspecified atom stereocenters. The largest absolute Gasteiger partial charge is 0.492 e. The third-order valence-electron chi connectivity index (χ3n) is 7.14. The molecule has 2 aromatic carbocycles. The number of nitrogens with one attached hydrogen (secondary N) is 2. The Morgan fingerprint density at radius 3 is 2.46 bits per heavy atom. The zero-order valence-electron chi connectivity index (χ0n) is 23.3. The molecule has 4 N–H and O–H groups in total. The summed E-state index contributed by atoms with van der Waals surface area (Å²) in [7, 11) is -0.342. The quantitative estimate of drug-likeness (QED) is 0.389. The van der Waals surface area contributed by atoms with Gasteiger partial charge in [-0.05, 0) is 54.1 Å². The van der Waals surface area contributed by atoms with Crippen molar-refractivity contribution < 1.29 is 22.7 Å². The maximum atomic E-state index is 13.6. The van der Waals surface area contributed by atoms with Crippen LogP contribution in [0.4, 0.5) is 11.4 Å². The highest BCUT2D eigenvalue weighted by molar-refractivity contribution is 7.92. The number of nitrogens with zero attached hydrogens (tertiary/aromatic N) is 2. The molecule has 1 saturated heterocycles. The van der Waals surface area contributed by atoms with Crippen LogP contribution in [0.2, 0.25) is 0 Å². The standard InChI is InChI=1S/C28H37N5O5S/c1-28(2,3)19-14-20(25(38-5)21(15-19)31-39(6,36)37)30-27(35)23-13-17-9-7-10-18(24(17)32(23)4)16-33-12-8-11-22(33)26(29)34/h7,9-10,13-15,22,31H,8,11-12,16H2,1-6H3,(H2,29,34)(H,30,35). The summed E-state index contributed by atoms with van der Waals surface area (Å²) in [4.78, 5) is 27.6. The number of likely N-dealkylation sites (tertiary alicyclic amines) is 1. The van der Waals surface area contributed by atoms with Gasteiger partial charge in [-0.3, -0.25) is 19.2 Å². The number of carbonyl (C=O) groups is 2. The lowest BCUT2D eigenvalue weighted by Gasteiger charge is -2.24. The first-order valence-corrected chi connectivity index (χ1v) is 14.7. The van der Waals surface area contributed by atoms with E-state index in [2.05, 4.69) is 14.9 Å². The van der Waals surface area contributed by atoms with Crippen molar-refractivity contribution in [2.24, 2.45) is 12.8 Å². The molecule has 0 bridgehead atoms. The van der Waals surface area contributed by atoms with Crippen molar-refractivity contribution in [3.63, 3.8) is 0 Å². The average molecular weight is 556 g/mol. The second-order valence-electron chi connectivity index (χ2n) is 11.2. The van der Waals surface area contributed by atoms with Crippen molar-refractivity contribution in [2.45, 2.75) is 51.6 Å². The average Bonchev–Trinajstić information content (AvgIpc) is 3.42. The molecule has 2 heterocycles. The lowest BCUT2D eigenvalue weighted by atomic mass is 9.86. The number of benzene rings is 2. The number of primary amides is 1. The predicted octanol–water partition coefficient (Wildman–Crippen LogP) is 3.56. The van der Waals surface area contributed by atoms with E-state index in [9.17, 15) is 18.0 Å². The number of anilines is 2. The van der Waals surface area contributed by atoms with Gasteiger partial charge in [-0.1, -0.05) is 39.0 Å². The molecule has 39 heavy (non-hydrogen) atoms. The molecule has 0 radical (unpaired) electrons. The number of aryl methyl sites for hydroxylation is 1. The van der Waals surface area contributed by atoms with Crippen LogP contribution in [0.3, 0.4) is 0 Å². The van der Waals surface area contributed by atoms with Gasteiger partial charge in [-0.15, -0.1) is 0 Å². The molecule has 1 aliphatic heterocycles. The first kappa shape index (κ1) is 28.4. The number of ether oxygens (including phenoxy) is 1. The van der Waals surface area contributed by atoms with Crippen LogP contribution in [0, 0.1) is 0 Å². The van der Waals surface area contributed by atoms with Crippen LogP contribution in [0.1, 0.15) is 55.2 Å². The van der Waals surface area contributed by atoms with Crippen LogP contribution in [-0.2, 0) is 33.8 Å². The number of sulfonamides is 1. The zero-order chi connectivity index (χ0) is 28.7. The maximum absolute atomic E-state index is 13.6. The summed E-state index contributed by atoms with van der Waals surface area (Å²) >= 11 is 0. The van der Waals surface area contributed by atoms with Gasteiger partial charge in [0.15, 0.2) is 5.75 Å². The van der Waals surface area contributed by atoms with E-state index in [1.807, 2.05) is 56.7 Å². The summed E-state index contributed by atoms with van der Waals surface area (Å²) < 4.78 is 34.0. The third-order valence-corrected chi connectivity index (χ3v) is 7.73. The van der Waals surface area contributed by atoms with E-state index in [0.717, 1.165) is 47.7 Å². The number of methoxy groups -OCH3 is 1. The number of aromatic nitrogens is 1. The van der Waals surface area contributed by atoms with Crippen molar-refractivity contribution in [1.29, 1.82) is 0 Å². The fourth-order valence-electron chi connectivity index (χ4n) is 5.24. The van der Waals surface area contributed by atoms with Crippen LogP contribution in [0.15, 0.2) is 36.4 Å².